The molecule has 4 rings (SSSR count). The van der Waals surface area contributed by atoms with Crippen LogP contribution < -0.4 is 5.32 Å². The molecule has 2 aliphatic heterocycles. The van der Waals surface area contributed by atoms with Gasteiger partial charge < -0.3 is 10.2 Å². The molecule has 2 fully saturated rings. The molecule has 1 N–H and O–H groups in total. The van der Waals surface area contributed by atoms with E-state index < -0.39 is 11.6 Å². The molecule has 0 radical (unpaired) electrons. The molecule has 0 bridgehead atoms. The summed E-state index contributed by atoms with van der Waals surface area (Å²) in [6.45, 7) is 13.6. The third-order valence-electron chi connectivity index (χ3n) is 7.76. The SMILES string of the molecule is CCCCN1C(=O)[C@H](CC(C)C)NC(=O)C12CCN(Cc1c(C)nn(-c3ccccc3)c1C)CC2. The van der Waals surface area contributed by atoms with Crippen LogP contribution in [-0.4, -0.2) is 62.6 Å². The summed E-state index contributed by atoms with van der Waals surface area (Å²) >= 11 is 0. The van der Waals surface area contributed by atoms with Gasteiger partial charge in [0.1, 0.15) is 11.6 Å². The van der Waals surface area contributed by atoms with Gasteiger partial charge in [0.05, 0.1) is 11.4 Å². The van der Waals surface area contributed by atoms with E-state index in [-0.39, 0.29) is 11.8 Å². The summed E-state index contributed by atoms with van der Waals surface area (Å²) in [6, 6.07) is 9.83. The van der Waals surface area contributed by atoms with Crippen molar-refractivity contribution < 1.29 is 9.59 Å². The van der Waals surface area contributed by atoms with Crippen molar-refractivity contribution in [2.24, 2.45) is 5.92 Å². The van der Waals surface area contributed by atoms with Crippen molar-refractivity contribution in [1.82, 2.24) is 24.9 Å². The molecule has 0 aliphatic carbocycles. The van der Waals surface area contributed by atoms with Crippen LogP contribution in [0.15, 0.2) is 30.3 Å². The van der Waals surface area contributed by atoms with Crippen molar-refractivity contribution in [3.05, 3.63) is 47.3 Å². The molecule has 7 heteroatoms. The van der Waals surface area contributed by atoms with Crippen LogP contribution in [0.4, 0.5) is 0 Å². The van der Waals surface area contributed by atoms with E-state index >= 15 is 0 Å². The Balaban J connectivity index is 1.49. The molecule has 35 heavy (non-hydrogen) atoms. The zero-order chi connectivity index (χ0) is 25.2. The van der Waals surface area contributed by atoms with Crippen LogP contribution in [0.5, 0.6) is 0 Å². The first-order valence-corrected chi connectivity index (χ1v) is 13.2. The minimum atomic E-state index is -0.714. The summed E-state index contributed by atoms with van der Waals surface area (Å²) < 4.78 is 2.02. The maximum absolute atomic E-state index is 13.5. The molecule has 190 valence electrons. The molecule has 1 atom stereocenters. The lowest BCUT2D eigenvalue weighted by Gasteiger charge is -2.52. The summed E-state index contributed by atoms with van der Waals surface area (Å²) in [5.74, 6) is 0.509. The Bertz CT molecular complexity index is 1040. The number of aryl methyl sites for hydroxylation is 1. The smallest absolute Gasteiger partial charge is 0.246 e. The molecule has 1 spiro atoms. The van der Waals surface area contributed by atoms with Crippen molar-refractivity contribution in [2.45, 2.75) is 84.8 Å². The molecule has 0 unspecified atom stereocenters. The van der Waals surface area contributed by atoms with Crippen LogP contribution in [0.2, 0.25) is 0 Å². The van der Waals surface area contributed by atoms with E-state index in [1.54, 1.807) is 0 Å². The largest absolute Gasteiger partial charge is 0.342 e. The normalized spacial score (nSPS) is 20.6. The standard InChI is InChI=1S/C28H41N5O2/c1-6-7-15-32-26(34)25(18-20(2)3)29-27(35)28(32)13-16-31(17-14-28)19-24-21(4)30-33(22(24)5)23-11-9-8-10-12-23/h8-12,20,25H,6-7,13-19H2,1-5H3,(H,29,35)/t25-/m0/s1. The Morgan fingerprint density at radius 1 is 1.11 bits per heavy atom. The highest BCUT2D eigenvalue weighted by atomic mass is 16.2. The third-order valence-corrected chi connectivity index (χ3v) is 7.76. The molecule has 3 heterocycles. The molecule has 2 aliphatic rings. The zero-order valence-corrected chi connectivity index (χ0v) is 22.0. The van der Waals surface area contributed by atoms with E-state index in [0.29, 0.717) is 31.7 Å². The fourth-order valence-corrected chi connectivity index (χ4v) is 5.67. The number of nitrogens with one attached hydrogen (secondary N) is 1. The quantitative estimate of drug-likeness (QED) is 0.621. The number of piperazine rings is 1. The summed E-state index contributed by atoms with van der Waals surface area (Å²) in [6.07, 6.45) is 3.98. The first-order valence-electron chi connectivity index (χ1n) is 13.2. The zero-order valence-electron chi connectivity index (χ0n) is 22.0. The highest BCUT2D eigenvalue weighted by Gasteiger charge is 2.53. The van der Waals surface area contributed by atoms with Crippen molar-refractivity contribution in [2.75, 3.05) is 19.6 Å². The lowest BCUT2D eigenvalue weighted by Crippen LogP contribution is -2.73. The molecular weight excluding hydrogens is 438 g/mol. The number of benzene rings is 1. The summed E-state index contributed by atoms with van der Waals surface area (Å²) in [5, 5.41) is 7.91. The predicted octanol–water partition coefficient (Wildman–Crippen LogP) is 4.00. The minimum Gasteiger partial charge on any atom is -0.342 e. The number of piperidine rings is 1. The average Bonchev–Trinajstić information content (AvgIpc) is 3.12. The number of likely N-dealkylation sites (tertiary alicyclic amines) is 1. The van der Waals surface area contributed by atoms with Gasteiger partial charge in [-0.1, -0.05) is 45.4 Å². The van der Waals surface area contributed by atoms with Crippen LogP contribution >= 0.6 is 0 Å². The summed E-state index contributed by atoms with van der Waals surface area (Å²) in [4.78, 5) is 31.3. The fourth-order valence-electron chi connectivity index (χ4n) is 5.67. The number of unbranched alkanes of at least 4 members (excludes halogenated alkanes) is 1. The number of nitrogens with zero attached hydrogens (tertiary/aromatic N) is 4. The number of amides is 2. The van der Waals surface area contributed by atoms with E-state index in [4.69, 9.17) is 5.10 Å². The van der Waals surface area contributed by atoms with Gasteiger partial charge in [-0.25, -0.2) is 4.68 Å². The summed E-state index contributed by atoms with van der Waals surface area (Å²) in [5.41, 5.74) is 3.79. The molecular formula is C28H41N5O2. The minimum absolute atomic E-state index is 0.0442. The third kappa shape index (κ3) is 5.01. The molecule has 2 amide bonds. The van der Waals surface area contributed by atoms with Crippen LogP contribution in [-0.2, 0) is 16.1 Å². The van der Waals surface area contributed by atoms with Gasteiger partial charge in [0.2, 0.25) is 11.8 Å². The van der Waals surface area contributed by atoms with Crippen molar-refractivity contribution >= 4 is 11.8 Å². The van der Waals surface area contributed by atoms with E-state index in [1.165, 1.54) is 5.56 Å². The fraction of sp³-hybridized carbons (Fsp3) is 0.607. The maximum Gasteiger partial charge on any atom is 0.246 e. The van der Waals surface area contributed by atoms with Crippen molar-refractivity contribution in [3.63, 3.8) is 0 Å². The first kappa shape index (κ1) is 25.4. The van der Waals surface area contributed by atoms with Gasteiger partial charge in [0.15, 0.2) is 0 Å². The maximum atomic E-state index is 13.5. The number of hydrogen-bond donors (Lipinski definition) is 1. The molecule has 2 aromatic rings. The number of hydrogen-bond acceptors (Lipinski definition) is 4. The van der Waals surface area contributed by atoms with Crippen LogP contribution in [0.1, 0.15) is 69.8 Å². The monoisotopic (exact) mass is 479 g/mol. The molecule has 1 aromatic carbocycles. The molecule has 2 saturated heterocycles. The van der Waals surface area contributed by atoms with Gasteiger partial charge in [0, 0.05) is 37.4 Å². The van der Waals surface area contributed by atoms with Gasteiger partial charge in [-0.15, -0.1) is 0 Å². The van der Waals surface area contributed by atoms with Crippen molar-refractivity contribution in [1.29, 1.82) is 0 Å². The predicted molar refractivity (Wildman–Crippen MR) is 138 cm³/mol. The van der Waals surface area contributed by atoms with Gasteiger partial charge in [-0.2, -0.15) is 5.10 Å². The second-order valence-corrected chi connectivity index (χ2v) is 10.7. The molecule has 0 saturated carbocycles. The Labute approximate surface area is 209 Å². The van der Waals surface area contributed by atoms with Gasteiger partial charge in [-0.3, -0.25) is 14.5 Å². The number of aromatic nitrogens is 2. The van der Waals surface area contributed by atoms with E-state index in [2.05, 4.69) is 57.0 Å². The second-order valence-electron chi connectivity index (χ2n) is 10.7. The molecule has 1 aromatic heterocycles. The van der Waals surface area contributed by atoms with E-state index in [1.807, 2.05) is 27.8 Å². The average molecular weight is 480 g/mol. The van der Waals surface area contributed by atoms with Crippen LogP contribution in [0.25, 0.3) is 5.69 Å². The Morgan fingerprint density at radius 2 is 1.80 bits per heavy atom. The van der Waals surface area contributed by atoms with Gasteiger partial charge in [0.25, 0.3) is 0 Å². The lowest BCUT2D eigenvalue weighted by molar-refractivity contribution is -0.161. The van der Waals surface area contributed by atoms with Crippen LogP contribution in [0, 0.1) is 19.8 Å². The van der Waals surface area contributed by atoms with Gasteiger partial charge in [-0.05, 0) is 57.6 Å². The van der Waals surface area contributed by atoms with Crippen molar-refractivity contribution in [3.8, 4) is 5.69 Å². The number of rotatable bonds is 8. The highest BCUT2D eigenvalue weighted by Crippen LogP contribution is 2.35. The topological polar surface area (TPSA) is 70.5 Å². The number of carbonyl (C=O) groups excluding carboxylic acids is 2. The number of carbonyl (C=O) groups is 2. The van der Waals surface area contributed by atoms with E-state index in [0.717, 1.165) is 49.6 Å². The van der Waals surface area contributed by atoms with Gasteiger partial charge >= 0.3 is 0 Å². The Hall–Kier alpha value is -2.67. The van der Waals surface area contributed by atoms with Crippen LogP contribution in [0.3, 0.4) is 0 Å². The molecule has 7 nitrogen and oxygen atoms in total. The van der Waals surface area contributed by atoms with E-state index in [9.17, 15) is 9.59 Å². The first-order chi connectivity index (χ1) is 16.8. The lowest BCUT2D eigenvalue weighted by atomic mass is 9.80. The second kappa shape index (κ2) is 10.5. The highest BCUT2D eigenvalue weighted by molar-refractivity contribution is 6.00. The Kier molecular flexibility index (Phi) is 7.64. The Morgan fingerprint density at radius 3 is 2.43 bits per heavy atom. The summed E-state index contributed by atoms with van der Waals surface area (Å²) in [7, 11) is 0. The number of para-hydroxylation sites is 1.